The number of amides is 1. The van der Waals surface area contributed by atoms with Gasteiger partial charge in [-0.1, -0.05) is 29.3 Å². The maximum atomic E-state index is 12.1. The summed E-state index contributed by atoms with van der Waals surface area (Å²) in [6, 6.07) is 6.21. The van der Waals surface area contributed by atoms with E-state index in [1.54, 1.807) is 6.92 Å². The summed E-state index contributed by atoms with van der Waals surface area (Å²) in [4.78, 5) is 23.0. The number of carboxylic acids is 1. The van der Waals surface area contributed by atoms with E-state index < -0.39 is 11.5 Å². The zero-order valence-corrected chi connectivity index (χ0v) is 13.7. The van der Waals surface area contributed by atoms with Crippen molar-refractivity contribution < 1.29 is 19.4 Å². The van der Waals surface area contributed by atoms with Gasteiger partial charge in [0.15, 0.2) is 0 Å². The lowest BCUT2D eigenvalue weighted by Crippen LogP contribution is -2.50. The quantitative estimate of drug-likeness (QED) is 0.772. The van der Waals surface area contributed by atoms with Gasteiger partial charge in [-0.25, -0.2) is 0 Å². The van der Waals surface area contributed by atoms with Gasteiger partial charge in [-0.15, -0.1) is 0 Å². The normalized spacial score (nSPS) is 13.5. The van der Waals surface area contributed by atoms with Crippen LogP contribution >= 0.6 is 0 Å². The third-order valence-electron chi connectivity index (χ3n) is 3.37. The van der Waals surface area contributed by atoms with Crippen molar-refractivity contribution in [1.29, 1.82) is 0 Å². The molecule has 122 valence electrons. The molecular weight excluding hydrogens is 282 g/mol. The standard InChI is InChI=1S/C17H25NO4/c1-12-7-13(2)9-14(8-12)5-6-15(19)18-17(3,11-22-4)10-16(20)21/h7-9H,5-6,10-11H2,1-4H3,(H,18,19)(H,20,21). The molecule has 0 aromatic heterocycles. The number of hydrogen-bond acceptors (Lipinski definition) is 3. The molecule has 0 heterocycles. The minimum atomic E-state index is -0.964. The largest absolute Gasteiger partial charge is 0.481 e. The Balaban J connectivity index is 2.61. The fraction of sp³-hybridized carbons (Fsp3) is 0.529. The third kappa shape index (κ3) is 6.26. The second-order valence-corrected chi connectivity index (χ2v) is 6.11. The molecule has 0 fully saturated rings. The number of hydrogen-bond donors (Lipinski definition) is 2. The lowest BCUT2D eigenvalue weighted by molar-refractivity contribution is -0.139. The van der Waals surface area contributed by atoms with E-state index in [2.05, 4.69) is 23.5 Å². The molecule has 0 bridgehead atoms. The first-order chi connectivity index (χ1) is 10.2. The monoisotopic (exact) mass is 307 g/mol. The van der Waals surface area contributed by atoms with E-state index in [0.717, 1.165) is 5.56 Å². The van der Waals surface area contributed by atoms with Gasteiger partial charge in [0.05, 0.1) is 18.6 Å². The van der Waals surface area contributed by atoms with Gasteiger partial charge < -0.3 is 15.2 Å². The average Bonchev–Trinajstić information content (AvgIpc) is 2.34. The second-order valence-electron chi connectivity index (χ2n) is 6.11. The Kier molecular flexibility index (Phi) is 6.56. The minimum Gasteiger partial charge on any atom is -0.481 e. The molecule has 0 spiro atoms. The highest BCUT2D eigenvalue weighted by Crippen LogP contribution is 2.13. The molecule has 5 heteroatoms. The number of aryl methyl sites for hydroxylation is 3. The Hall–Kier alpha value is -1.88. The van der Waals surface area contributed by atoms with Crippen molar-refractivity contribution in [2.75, 3.05) is 13.7 Å². The summed E-state index contributed by atoms with van der Waals surface area (Å²) in [6.45, 7) is 5.89. The first-order valence-corrected chi connectivity index (χ1v) is 7.33. The molecule has 0 radical (unpaired) electrons. The highest BCUT2D eigenvalue weighted by molar-refractivity contribution is 5.78. The average molecular weight is 307 g/mol. The van der Waals surface area contributed by atoms with Gasteiger partial charge in [0.25, 0.3) is 0 Å². The topological polar surface area (TPSA) is 75.6 Å². The van der Waals surface area contributed by atoms with Crippen molar-refractivity contribution in [1.82, 2.24) is 5.32 Å². The van der Waals surface area contributed by atoms with Gasteiger partial charge in [-0.2, -0.15) is 0 Å². The molecule has 5 nitrogen and oxygen atoms in total. The molecular formula is C17H25NO4. The number of methoxy groups -OCH3 is 1. The lowest BCUT2D eigenvalue weighted by atomic mass is 9.98. The van der Waals surface area contributed by atoms with Crippen molar-refractivity contribution in [2.24, 2.45) is 0 Å². The summed E-state index contributed by atoms with van der Waals surface area (Å²) in [7, 11) is 1.49. The van der Waals surface area contributed by atoms with E-state index >= 15 is 0 Å². The predicted molar refractivity (Wildman–Crippen MR) is 84.9 cm³/mol. The first kappa shape index (κ1) is 18.2. The fourth-order valence-electron chi connectivity index (χ4n) is 2.65. The van der Waals surface area contributed by atoms with E-state index in [1.165, 1.54) is 18.2 Å². The molecule has 0 aliphatic carbocycles. The summed E-state index contributed by atoms with van der Waals surface area (Å²) < 4.78 is 5.02. The molecule has 1 aromatic carbocycles. The zero-order chi connectivity index (χ0) is 16.8. The molecule has 2 N–H and O–H groups in total. The summed E-state index contributed by atoms with van der Waals surface area (Å²) in [5.41, 5.74) is 2.57. The molecule has 1 unspecified atom stereocenters. The van der Waals surface area contributed by atoms with Crippen molar-refractivity contribution in [3.8, 4) is 0 Å². The van der Waals surface area contributed by atoms with Crippen LogP contribution in [0.25, 0.3) is 0 Å². The van der Waals surface area contributed by atoms with Crippen LogP contribution in [0.3, 0.4) is 0 Å². The molecule has 0 saturated carbocycles. The molecule has 1 aromatic rings. The van der Waals surface area contributed by atoms with E-state index in [4.69, 9.17) is 9.84 Å². The van der Waals surface area contributed by atoms with Crippen LogP contribution in [-0.4, -0.2) is 36.2 Å². The van der Waals surface area contributed by atoms with Gasteiger partial charge >= 0.3 is 5.97 Å². The van der Waals surface area contributed by atoms with Crippen LogP contribution in [-0.2, 0) is 20.7 Å². The van der Waals surface area contributed by atoms with E-state index in [-0.39, 0.29) is 18.9 Å². The molecule has 1 rings (SSSR count). The van der Waals surface area contributed by atoms with Gasteiger partial charge in [-0.05, 0) is 32.8 Å². The second kappa shape index (κ2) is 7.94. The number of carboxylic acid groups (broad SMARTS) is 1. The lowest BCUT2D eigenvalue weighted by Gasteiger charge is -2.28. The number of carbonyl (C=O) groups excluding carboxylic acids is 1. The Morgan fingerprint density at radius 1 is 1.23 bits per heavy atom. The number of benzene rings is 1. The van der Waals surface area contributed by atoms with Gasteiger partial charge in [0, 0.05) is 13.5 Å². The number of nitrogens with one attached hydrogen (secondary N) is 1. The molecule has 0 saturated heterocycles. The highest BCUT2D eigenvalue weighted by Gasteiger charge is 2.29. The van der Waals surface area contributed by atoms with Gasteiger partial charge in [0.1, 0.15) is 0 Å². The molecule has 1 amide bonds. The van der Waals surface area contributed by atoms with Crippen LogP contribution < -0.4 is 5.32 Å². The minimum absolute atomic E-state index is 0.161. The third-order valence-corrected chi connectivity index (χ3v) is 3.37. The fourth-order valence-corrected chi connectivity index (χ4v) is 2.65. The van der Waals surface area contributed by atoms with E-state index in [9.17, 15) is 9.59 Å². The summed E-state index contributed by atoms with van der Waals surface area (Å²) in [5, 5.41) is 11.7. The van der Waals surface area contributed by atoms with Crippen LogP contribution in [0.1, 0.15) is 36.5 Å². The van der Waals surface area contributed by atoms with Gasteiger partial charge in [0.2, 0.25) is 5.91 Å². The van der Waals surface area contributed by atoms with Crippen LogP contribution in [0.4, 0.5) is 0 Å². The van der Waals surface area contributed by atoms with Crippen molar-refractivity contribution in [3.05, 3.63) is 34.9 Å². The smallest absolute Gasteiger partial charge is 0.305 e. The number of ether oxygens (including phenoxy) is 1. The summed E-state index contributed by atoms with van der Waals surface area (Å²) in [6.07, 6.45) is 0.780. The zero-order valence-electron chi connectivity index (χ0n) is 13.7. The van der Waals surface area contributed by atoms with E-state index in [0.29, 0.717) is 12.8 Å². The number of aliphatic carboxylic acids is 1. The van der Waals surface area contributed by atoms with Crippen molar-refractivity contribution >= 4 is 11.9 Å². The Morgan fingerprint density at radius 3 is 2.32 bits per heavy atom. The van der Waals surface area contributed by atoms with Gasteiger partial charge in [-0.3, -0.25) is 9.59 Å². The van der Waals surface area contributed by atoms with Crippen LogP contribution in [0.5, 0.6) is 0 Å². The maximum Gasteiger partial charge on any atom is 0.305 e. The van der Waals surface area contributed by atoms with Crippen molar-refractivity contribution in [2.45, 2.75) is 45.6 Å². The Morgan fingerprint density at radius 2 is 1.82 bits per heavy atom. The van der Waals surface area contributed by atoms with Crippen molar-refractivity contribution in [3.63, 3.8) is 0 Å². The maximum absolute atomic E-state index is 12.1. The first-order valence-electron chi connectivity index (χ1n) is 7.33. The Bertz CT molecular complexity index is 521. The summed E-state index contributed by atoms with van der Waals surface area (Å²) >= 11 is 0. The van der Waals surface area contributed by atoms with E-state index in [1.807, 2.05) is 13.8 Å². The van der Waals surface area contributed by atoms with Crippen LogP contribution in [0, 0.1) is 13.8 Å². The molecule has 1 atom stereocenters. The predicted octanol–water partition coefficient (Wildman–Crippen LogP) is 2.23. The number of carbonyl (C=O) groups is 2. The molecule has 0 aliphatic heterocycles. The molecule has 22 heavy (non-hydrogen) atoms. The highest BCUT2D eigenvalue weighted by atomic mass is 16.5. The summed E-state index contributed by atoms with van der Waals surface area (Å²) in [5.74, 6) is -1.13. The van der Waals surface area contributed by atoms with Crippen LogP contribution in [0.2, 0.25) is 0 Å². The number of rotatable bonds is 8. The Labute approximate surface area is 131 Å². The SMILES string of the molecule is COCC(C)(CC(=O)O)NC(=O)CCc1cc(C)cc(C)c1. The molecule has 0 aliphatic rings. The van der Waals surface area contributed by atoms with Crippen LogP contribution in [0.15, 0.2) is 18.2 Å².